The Morgan fingerprint density at radius 2 is 1.54 bits per heavy atom. The third-order valence-electron chi connectivity index (χ3n) is 2.90. The van der Waals surface area contributed by atoms with E-state index in [0.29, 0.717) is 18.2 Å². The number of rotatable bonds is 8. The van der Waals surface area contributed by atoms with Crippen molar-refractivity contribution in [3.63, 3.8) is 0 Å². The summed E-state index contributed by atoms with van der Waals surface area (Å²) in [6.45, 7) is 0. The average molecular weight is 460 g/mol. The van der Waals surface area contributed by atoms with E-state index in [4.69, 9.17) is 0 Å². The summed E-state index contributed by atoms with van der Waals surface area (Å²) in [7, 11) is -1.14. The second kappa shape index (κ2) is 8.06. The highest BCUT2D eigenvalue weighted by Crippen LogP contribution is 2.52. The highest BCUT2D eigenvalue weighted by atomic mass is 33.1. The Kier molecular flexibility index (Phi) is 6.87. The van der Waals surface area contributed by atoms with Gasteiger partial charge >= 0.3 is 24.2 Å². The van der Waals surface area contributed by atoms with Crippen molar-refractivity contribution in [2.45, 2.75) is 29.1 Å². The molecule has 28 heavy (non-hydrogen) atoms. The second-order valence-electron chi connectivity index (χ2n) is 4.69. The molecule has 0 unspecified atom stereocenters. The van der Waals surface area contributed by atoms with Crippen LogP contribution in [0.4, 0.5) is 46.5 Å². The molecule has 1 aromatic carbocycles. The predicted octanol–water partition coefficient (Wildman–Crippen LogP) is 4.94. The number of nitrogens with zero attached hydrogens (tertiary/aromatic N) is 2. The quantitative estimate of drug-likeness (QED) is 0.234. The largest absolute Gasteiger partial charge is 0.386 e. The van der Waals surface area contributed by atoms with E-state index in [9.17, 15) is 60.1 Å². The first-order chi connectivity index (χ1) is 12.6. The zero-order valence-electron chi connectivity index (χ0n) is 12.6. The van der Waals surface area contributed by atoms with Crippen LogP contribution >= 0.6 is 21.6 Å². The summed E-state index contributed by atoms with van der Waals surface area (Å²) in [6.07, 6.45) is -5.21. The van der Waals surface area contributed by atoms with Gasteiger partial charge in [0.2, 0.25) is 0 Å². The molecule has 1 aromatic rings. The summed E-state index contributed by atoms with van der Waals surface area (Å²) in [5.41, 5.74) is -1.88. The summed E-state index contributed by atoms with van der Waals surface area (Å²) in [6, 6.07) is 1.63. The van der Waals surface area contributed by atoms with Crippen molar-refractivity contribution < 1.29 is 49.8 Å². The standard InChI is InChI=1S/C11H4F8N2O5S2/c12-7(13)9(14,15)11(18,19)10(16,17)8(22)28-27-6-2-1-4(20(23)24)3-5(6)21(25)26/h1-3,7H. The van der Waals surface area contributed by atoms with Crippen LogP contribution in [-0.4, -0.2) is 39.2 Å². The van der Waals surface area contributed by atoms with Gasteiger partial charge in [-0.1, -0.05) is 0 Å². The fourth-order valence-corrected chi connectivity index (χ4v) is 3.42. The SMILES string of the molecule is O=C(SSc1ccc([N+](=O)[O-])cc1[N+](=O)[O-])C(F)(F)C(F)(F)C(F)(F)C(F)F. The van der Waals surface area contributed by atoms with Crippen molar-refractivity contribution >= 4 is 38.1 Å². The minimum absolute atomic E-state index is 0.277. The minimum Gasteiger partial charge on any atom is -0.279 e. The van der Waals surface area contributed by atoms with Crippen LogP contribution in [0.25, 0.3) is 0 Å². The van der Waals surface area contributed by atoms with E-state index in [0.717, 1.165) is 0 Å². The molecule has 0 heterocycles. The molecular formula is C11H4F8N2O5S2. The third kappa shape index (κ3) is 4.29. The molecule has 0 aliphatic carbocycles. The van der Waals surface area contributed by atoms with E-state index in [1.54, 1.807) is 0 Å². The van der Waals surface area contributed by atoms with E-state index in [1.807, 2.05) is 0 Å². The molecular weight excluding hydrogens is 456 g/mol. The Balaban J connectivity index is 3.12. The fourth-order valence-electron chi connectivity index (χ4n) is 1.44. The van der Waals surface area contributed by atoms with Gasteiger partial charge in [0.1, 0.15) is 0 Å². The van der Waals surface area contributed by atoms with Gasteiger partial charge in [0.25, 0.3) is 16.5 Å². The number of non-ortho nitro benzene ring substituents is 1. The Morgan fingerprint density at radius 1 is 1.00 bits per heavy atom. The summed E-state index contributed by atoms with van der Waals surface area (Å²) < 4.78 is 103. The number of halogens is 8. The van der Waals surface area contributed by atoms with E-state index in [1.165, 1.54) is 0 Å². The van der Waals surface area contributed by atoms with Crippen molar-refractivity contribution in [1.82, 2.24) is 0 Å². The van der Waals surface area contributed by atoms with E-state index < -0.39 is 66.2 Å². The summed E-state index contributed by atoms with van der Waals surface area (Å²) in [5.74, 6) is -19.6. The van der Waals surface area contributed by atoms with Gasteiger partial charge in [0, 0.05) is 6.07 Å². The number of nitro groups is 2. The van der Waals surface area contributed by atoms with Crippen LogP contribution in [0.3, 0.4) is 0 Å². The maximum absolute atomic E-state index is 13.4. The van der Waals surface area contributed by atoms with Crippen molar-refractivity contribution in [1.29, 1.82) is 0 Å². The monoisotopic (exact) mass is 460 g/mol. The smallest absolute Gasteiger partial charge is 0.279 e. The maximum Gasteiger partial charge on any atom is 0.386 e. The zero-order valence-corrected chi connectivity index (χ0v) is 14.2. The van der Waals surface area contributed by atoms with Crippen molar-refractivity contribution in [3.05, 3.63) is 38.4 Å². The van der Waals surface area contributed by atoms with Crippen molar-refractivity contribution in [2.24, 2.45) is 0 Å². The maximum atomic E-state index is 13.4. The Bertz CT molecular complexity index is 807. The molecule has 0 amide bonds. The zero-order chi connectivity index (χ0) is 22.1. The summed E-state index contributed by atoms with van der Waals surface area (Å²) >= 11 is 0. The normalized spacial score (nSPS) is 12.9. The lowest BCUT2D eigenvalue weighted by molar-refractivity contribution is -0.396. The second-order valence-corrected chi connectivity index (χ2v) is 6.84. The highest BCUT2D eigenvalue weighted by Gasteiger charge is 2.78. The average Bonchev–Trinajstić information content (AvgIpc) is 2.58. The Hall–Kier alpha value is -2.17. The van der Waals surface area contributed by atoms with Crippen molar-refractivity contribution in [2.75, 3.05) is 0 Å². The number of alkyl halides is 8. The molecule has 0 N–H and O–H groups in total. The van der Waals surface area contributed by atoms with Gasteiger partial charge in [-0.25, -0.2) is 8.78 Å². The topological polar surface area (TPSA) is 103 Å². The predicted molar refractivity (Wildman–Crippen MR) is 79.1 cm³/mol. The van der Waals surface area contributed by atoms with Crippen LogP contribution in [0.5, 0.6) is 0 Å². The molecule has 0 aliphatic heterocycles. The molecule has 0 fully saturated rings. The number of hydrogen-bond acceptors (Lipinski definition) is 7. The first kappa shape index (κ1) is 23.9. The number of nitro benzene ring substituents is 2. The lowest BCUT2D eigenvalue weighted by Crippen LogP contribution is -2.60. The molecule has 17 heteroatoms. The van der Waals surface area contributed by atoms with E-state index in [-0.39, 0.29) is 10.8 Å². The molecule has 1 rings (SSSR count). The number of benzene rings is 1. The fraction of sp³-hybridized carbons (Fsp3) is 0.364. The molecule has 0 aliphatic rings. The van der Waals surface area contributed by atoms with Gasteiger partial charge in [0.15, 0.2) is 0 Å². The lowest BCUT2D eigenvalue weighted by Gasteiger charge is -2.30. The molecule has 156 valence electrons. The van der Waals surface area contributed by atoms with Gasteiger partial charge in [-0.15, -0.1) is 0 Å². The van der Waals surface area contributed by atoms with Crippen LogP contribution < -0.4 is 0 Å². The van der Waals surface area contributed by atoms with Gasteiger partial charge in [-0.3, -0.25) is 25.0 Å². The summed E-state index contributed by atoms with van der Waals surface area (Å²) in [5, 5.41) is 18.4. The van der Waals surface area contributed by atoms with Gasteiger partial charge < -0.3 is 0 Å². The van der Waals surface area contributed by atoms with Crippen LogP contribution in [0.2, 0.25) is 0 Å². The van der Waals surface area contributed by atoms with Crippen LogP contribution in [0.15, 0.2) is 23.1 Å². The lowest BCUT2D eigenvalue weighted by atomic mass is 10.1. The van der Waals surface area contributed by atoms with Gasteiger partial charge in [-0.05, 0) is 27.7 Å². The Labute approximate surface area is 156 Å². The minimum atomic E-state index is -6.76. The molecule has 0 bridgehead atoms. The van der Waals surface area contributed by atoms with E-state index in [2.05, 4.69) is 0 Å². The number of carbonyl (C=O) groups is 1. The first-order valence-electron chi connectivity index (χ1n) is 6.30. The third-order valence-corrected chi connectivity index (χ3v) is 5.16. The molecule has 0 spiro atoms. The van der Waals surface area contributed by atoms with Gasteiger partial charge in [-0.2, -0.15) is 26.3 Å². The van der Waals surface area contributed by atoms with Crippen LogP contribution in [0, 0.1) is 20.2 Å². The molecule has 0 saturated carbocycles. The number of hydrogen-bond donors (Lipinski definition) is 0. The molecule has 0 atom stereocenters. The number of carbonyl (C=O) groups excluding carboxylic acids is 1. The molecule has 0 aromatic heterocycles. The van der Waals surface area contributed by atoms with Crippen LogP contribution in [0.1, 0.15) is 0 Å². The van der Waals surface area contributed by atoms with Crippen LogP contribution in [-0.2, 0) is 4.79 Å². The van der Waals surface area contributed by atoms with E-state index >= 15 is 0 Å². The Morgan fingerprint density at radius 3 is 1.96 bits per heavy atom. The van der Waals surface area contributed by atoms with Gasteiger partial charge in [0.05, 0.1) is 20.8 Å². The molecule has 0 saturated heterocycles. The summed E-state index contributed by atoms with van der Waals surface area (Å²) in [4.78, 5) is 29.7. The van der Waals surface area contributed by atoms with Crippen molar-refractivity contribution in [3.8, 4) is 0 Å². The highest BCUT2D eigenvalue weighted by molar-refractivity contribution is 8.82. The molecule has 0 radical (unpaired) electrons. The first-order valence-corrected chi connectivity index (χ1v) is 8.45. The molecule has 7 nitrogen and oxygen atoms in total.